The molecule has 2 aromatic rings. The Kier molecular flexibility index (Phi) is 5.41. The molecule has 22 heavy (non-hydrogen) atoms. The Bertz CT molecular complexity index is 567. The number of ether oxygens (including phenoxy) is 3. The molecule has 2 atom stereocenters. The summed E-state index contributed by atoms with van der Waals surface area (Å²) in [6.07, 6.45) is -0.267. The van der Waals surface area contributed by atoms with Gasteiger partial charge in [0, 0.05) is 13.7 Å². The van der Waals surface area contributed by atoms with E-state index in [0.717, 1.165) is 17.1 Å². The van der Waals surface area contributed by atoms with Gasteiger partial charge in [-0.2, -0.15) is 0 Å². The van der Waals surface area contributed by atoms with Crippen molar-refractivity contribution < 1.29 is 14.2 Å². The van der Waals surface area contributed by atoms with E-state index in [1.165, 1.54) is 0 Å². The Morgan fingerprint density at radius 1 is 0.955 bits per heavy atom. The van der Waals surface area contributed by atoms with Crippen molar-refractivity contribution in [3.8, 4) is 11.5 Å². The van der Waals surface area contributed by atoms with Crippen LogP contribution < -0.4 is 15.2 Å². The van der Waals surface area contributed by atoms with Gasteiger partial charge in [0.1, 0.15) is 17.6 Å². The first-order chi connectivity index (χ1) is 10.6. The molecule has 0 heterocycles. The summed E-state index contributed by atoms with van der Waals surface area (Å²) in [6.45, 7) is 2.35. The molecule has 0 saturated heterocycles. The zero-order valence-electron chi connectivity index (χ0n) is 13.3. The van der Waals surface area contributed by atoms with E-state index in [4.69, 9.17) is 19.9 Å². The van der Waals surface area contributed by atoms with Crippen molar-refractivity contribution in [2.75, 3.05) is 20.8 Å². The highest BCUT2D eigenvalue weighted by atomic mass is 16.5. The van der Waals surface area contributed by atoms with Crippen molar-refractivity contribution in [2.45, 2.75) is 18.6 Å². The second kappa shape index (κ2) is 7.29. The highest BCUT2D eigenvalue weighted by molar-refractivity contribution is 5.33. The van der Waals surface area contributed by atoms with Crippen molar-refractivity contribution >= 4 is 0 Å². The van der Waals surface area contributed by atoms with Crippen LogP contribution in [0.25, 0.3) is 0 Å². The van der Waals surface area contributed by atoms with Crippen molar-refractivity contribution in [2.24, 2.45) is 5.73 Å². The molecule has 2 aromatic carbocycles. The van der Waals surface area contributed by atoms with Crippen LogP contribution in [-0.4, -0.2) is 26.9 Å². The van der Waals surface area contributed by atoms with Crippen LogP contribution in [0.1, 0.15) is 12.5 Å². The van der Waals surface area contributed by atoms with Gasteiger partial charge in [-0.1, -0.05) is 30.3 Å². The fraction of sp³-hybridized carbons (Fsp3) is 0.333. The number of hydrogen-bond acceptors (Lipinski definition) is 4. The summed E-state index contributed by atoms with van der Waals surface area (Å²) in [5.41, 5.74) is 6.22. The van der Waals surface area contributed by atoms with Gasteiger partial charge >= 0.3 is 0 Å². The average Bonchev–Trinajstić information content (AvgIpc) is 2.57. The summed E-state index contributed by atoms with van der Waals surface area (Å²) in [4.78, 5) is 0. The van der Waals surface area contributed by atoms with Crippen LogP contribution in [0.3, 0.4) is 0 Å². The lowest BCUT2D eigenvalue weighted by Crippen LogP contribution is -2.47. The molecule has 118 valence electrons. The quantitative estimate of drug-likeness (QED) is 0.854. The molecule has 0 aliphatic heterocycles. The molecule has 4 nitrogen and oxygen atoms in total. The lowest BCUT2D eigenvalue weighted by atomic mass is 9.89. The lowest BCUT2D eigenvalue weighted by molar-refractivity contribution is -0.0637. The fourth-order valence-electron chi connectivity index (χ4n) is 2.51. The standard InChI is InChI=1S/C18H23NO3/c1-18(17(13-19)21-3,14-7-5-4-6-8-14)22-16-11-9-15(20-2)10-12-16/h4-12,17H,13,19H2,1-3H3. The molecule has 2 N–H and O–H groups in total. The molecule has 0 spiro atoms. The molecule has 0 radical (unpaired) electrons. The van der Waals surface area contributed by atoms with Gasteiger partial charge in [0.25, 0.3) is 0 Å². The maximum atomic E-state index is 6.27. The molecule has 0 fully saturated rings. The fourth-order valence-corrected chi connectivity index (χ4v) is 2.51. The van der Waals surface area contributed by atoms with Gasteiger partial charge in [0.05, 0.1) is 7.11 Å². The summed E-state index contributed by atoms with van der Waals surface area (Å²) < 4.78 is 17.0. The van der Waals surface area contributed by atoms with E-state index in [1.54, 1.807) is 14.2 Å². The molecule has 0 aromatic heterocycles. The molecule has 0 aliphatic carbocycles. The van der Waals surface area contributed by atoms with Crippen LogP contribution in [0.2, 0.25) is 0 Å². The Balaban J connectivity index is 2.35. The summed E-state index contributed by atoms with van der Waals surface area (Å²) in [7, 11) is 3.29. The smallest absolute Gasteiger partial charge is 0.158 e. The maximum absolute atomic E-state index is 6.27. The van der Waals surface area contributed by atoms with Gasteiger partial charge in [0.2, 0.25) is 0 Å². The summed E-state index contributed by atoms with van der Waals surface area (Å²) in [5.74, 6) is 1.53. The molecule has 0 bridgehead atoms. The van der Waals surface area contributed by atoms with Crippen molar-refractivity contribution in [3.05, 3.63) is 60.2 Å². The van der Waals surface area contributed by atoms with Crippen LogP contribution >= 0.6 is 0 Å². The zero-order valence-corrected chi connectivity index (χ0v) is 13.3. The van der Waals surface area contributed by atoms with Crippen LogP contribution in [0, 0.1) is 0 Å². The van der Waals surface area contributed by atoms with Crippen LogP contribution in [0.5, 0.6) is 11.5 Å². The van der Waals surface area contributed by atoms with Gasteiger partial charge < -0.3 is 19.9 Å². The topological polar surface area (TPSA) is 53.7 Å². The molecule has 0 aliphatic rings. The first-order valence-electron chi connectivity index (χ1n) is 7.25. The number of rotatable bonds is 7. The lowest BCUT2D eigenvalue weighted by Gasteiger charge is -2.37. The Labute approximate surface area is 131 Å². The van der Waals surface area contributed by atoms with E-state index >= 15 is 0 Å². The molecule has 4 heteroatoms. The number of benzene rings is 2. The minimum atomic E-state index is -0.681. The summed E-state index contributed by atoms with van der Waals surface area (Å²) in [6, 6.07) is 17.5. The van der Waals surface area contributed by atoms with E-state index in [-0.39, 0.29) is 6.10 Å². The Hall–Kier alpha value is -2.04. The molecule has 2 unspecified atom stereocenters. The van der Waals surface area contributed by atoms with Gasteiger partial charge in [-0.15, -0.1) is 0 Å². The minimum absolute atomic E-state index is 0.267. The van der Waals surface area contributed by atoms with E-state index in [0.29, 0.717) is 6.54 Å². The zero-order chi connectivity index (χ0) is 16.0. The predicted octanol–water partition coefficient (Wildman–Crippen LogP) is 2.96. The average molecular weight is 301 g/mol. The van der Waals surface area contributed by atoms with E-state index in [9.17, 15) is 0 Å². The summed E-state index contributed by atoms with van der Waals surface area (Å²) >= 11 is 0. The highest BCUT2D eigenvalue weighted by Gasteiger charge is 2.38. The Morgan fingerprint density at radius 3 is 2.05 bits per heavy atom. The third-order valence-corrected chi connectivity index (χ3v) is 3.85. The first kappa shape index (κ1) is 16.3. The van der Waals surface area contributed by atoms with Crippen molar-refractivity contribution in [1.82, 2.24) is 0 Å². The molecule has 2 rings (SSSR count). The second-order valence-corrected chi connectivity index (χ2v) is 5.21. The highest BCUT2D eigenvalue weighted by Crippen LogP contribution is 2.33. The Morgan fingerprint density at radius 2 is 1.55 bits per heavy atom. The maximum Gasteiger partial charge on any atom is 0.158 e. The van der Waals surface area contributed by atoms with E-state index < -0.39 is 5.60 Å². The number of nitrogens with two attached hydrogens (primary N) is 1. The van der Waals surface area contributed by atoms with Crippen LogP contribution in [-0.2, 0) is 10.3 Å². The van der Waals surface area contributed by atoms with Gasteiger partial charge in [-0.05, 0) is 36.8 Å². The first-order valence-corrected chi connectivity index (χ1v) is 7.25. The van der Waals surface area contributed by atoms with Gasteiger partial charge in [0.15, 0.2) is 5.60 Å². The molecule has 0 saturated carbocycles. The number of hydrogen-bond donors (Lipinski definition) is 1. The predicted molar refractivity (Wildman–Crippen MR) is 87.3 cm³/mol. The second-order valence-electron chi connectivity index (χ2n) is 5.21. The SMILES string of the molecule is COc1ccc(OC(C)(c2ccccc2)C(CN)OC)cc1. The minimum Gasteiger partial charge on any atom is -0.497 e. The third kappa shape index (κ3) is 3.40. The van der Waals surface area contributed by atoms with Gasteiger partial charge in [-0.25, -0.2) is 0 Å². The van der Waals surface area contributed by atoms with Crippen LogP contribution in [0.15, 0.2) is 54.6 Å². The molecular weight excluding hydrogens is 278 g/mol. The van der Waals surface area contributed by atoms with Gasteiger partial charge in [-0.3, -0.25) is 0 Å². The number of methoxy groups -OCH3 is 2. The van der Waals surface area contributed by atoms with E-state index in [2.05, 4.69) is 0 Å². The van der Waals surface area contributed by atoms with Crippen molar-refractivity contribution in [3.63, 3.8) is 0 Å². The largest absolute Gasteiger partial charge is 0.497 e. The molecule has 0 amide bonds. The van der Waals surface area contributed by atoms with Crippen molar-refractivity contribution in [1.29, 1.82) is 0 Å². The monoisotopic (exact) mass is 301 g/mol. The molecular formula is C18H23NO3. The normalized spacial score (nSPS) is 14.9. The third-order valence-electron chi connectivity index (χ3n) is 3.85. The summed E-state index contributed by atoms with van der Waals surface area (Å²) in [5, 5.41) is 0. The van der Waals surface area contributed by atoms with E-state index in [1.807, 2.05) is 61.5 Å². The van der Waals surface area contributed by atoms with Crippen LogP contribution in [0.4, 0.5) is 0 Å².